The van der Waals surface area contributed by atoms with E-state index < -0.39 is 10.8 Å². The Morgan fingerprint density at radius 2 is 2.09 bits per heavy atom. The van der Waals surface area contributed by atoms with E-state index in [0.717, 1.165) is 0 Å². The van der Waals surface area contributed by atoms with Crippen molar-refractivity contribution in [3.05, 3.63) is 63.7 Å². The predicted molar refractivity (Wildman–Crippen MR) is 85.2 cm³/mol. The van der Waals surface area contributed by atoms with Gasteiger partial charge in [-0.25, -0.2) is 0 Å². The van der Waals surface area contributed by atoms with Gasteiger partial charge < -0.3 is 10.4 Å². The summed E-state index contributed by atoms with van der Waals surface area (Å²) in [6, 6.07) is 11.1. The molecule has 2 aromatic carbocycles. The van der Waals surface area contributed by atoms with Crippen LogP contribution in [0.5, 0.6) is 0 Å². The summed E-state index contributed by atoms with van der Waals surface area (Å²) in [7, 11) is 0. The Morgan fingerprint density at radius 1 is 1.32 bits per heavy atom. The first-order valence-corrected chi connectivity index (χ1v) is 7.61. The van der Waals surface area contributed by atoms with Crippen molar-refractivity contribution in [2.75, 3.05) is 11.6 Å². The average Bonchev–Trinajstić information content (AvgIpc) is 2.54. The summed E-state index contributed by atoms with van der Waals surface area (Å²) in [5.41, 5.74) is 1.30. The highest BCUT2D eigenvalue weighted by Gasteiger charge is 2.17. The molecule has 0 aliphatic rings. The van der Waals surface area contributed by atoms with Crippen molar-refractivity contribution < 1.29 is 14.8 Å². The van der Waals surface area contributed by atoms with E-state index in [1.54, 1.807) is 42.7 Å². The van der Waals surface area contributed by atoms with Crippen LogP contribution in [0.1, 0.15) is 15.9 Å². The van der Waals surface area contributed by atoms with Gasteiger partial charge in [0.1, 0.15) is 0 Å². The third-order valence-electron chi connectivity index (χ3n) is 3.01. The smallest absolute Gasteiger partial charge is 0.283 e. The molecule has 0 aliphatic carbocycles. The van der Waals surface area contributed by atoms with Crippen molar-refractivity contribution in [3.63, 3.8) is 0 Å². The number of hydrogen-bond acceptors (Lipinski definition) is 5. The molecule has 0 saturated carbocycles. The summed E-state index contributed by atoms with van der Waals surface area (Å²) >= 11 is 1.25. The number of aliphatic hydroxyl groups excluding tert-OH is 1. The molecule has 22 heavy (non-hydrogen) atoms. The normalized spacial score (nSPS) is 10.3. The van der Waals surface area contributed by atoms with Crippen molar-refractivity contribution in [1.82, 2.24) is 0 Å². The molecule has 1 amide bonds. The highest BCUT2D eigenvalue weighted by Crippen LogP contribution is 2.28. The number of hydrogen-bond donors (Lipinski definition) is 2. The largest absolute Gasteiger partial charge is 0.392 e. The third-order valence-corrected chi connectivity index (χ3v) is 3.79. The molecule has 0 fully saturated rings. The quantitative estimate of drug-likeness (QED) is 0.502. The molecule has 0 heterocycles. The number of benzene rings is 2. The van der Waals surface area contributed by atoms with Crippen LogP contribution in [0.2, 0.25) is 0 Å². The Kier molecular flexibility index (Phi) is 5.13. The zero-order valence-electron chi connectivity index (χ0n) is 11.8. The zero-order valence-corrected chi connectivity index (χ0v) is 12.6. The fourth-order valence-electron chi connectivity index (χ4n) is 1.92. The lowest BCUT2D eigenvalue weighted by molar-refractivity contribution is -0.387. The molecular weight excluding hydrogens is 304 g/mol. The highest BCUT2D eigenvalue weighted by atomic mass is 32.2. The maximum Gasteiger partial charge on any atom is 0.283 e. The Bertz CT molecular complexity index is 718. The maximum absolute atomic E-state index is 12.2. The molecule has 0 unspecified atom stereocenters. The van der Waals surface area contributed by atoms with E-state index in [2.05, 4.69) is 5.32 Å². The summed E-state index contributed by atoms with van der Waals surface area (Å²) in [5, 5.41) is 22.8. The van der Waals surface area contributed by atoms with Crippen LogP contribution < -0.4 is 5.32 Å². The van der Waals surface area contributed by atoms with Gasteiger partial charge >= 0.3 is 0 Å². The van der Waals surface area contributed by atoms with Gasteiger partial charge in [0, 0.05) is 17.3 Å². The highest BCUT2D eigenvalue weighted by molar-refractivity contribution is 7.98. The van der Waals surface area contributed by atoms with Gasteiger partial charge in [-0.15, -0.1) is 11.8 Å². The molecular formula is C15H14N2O4S. The molecule has 7 heteroatoms. The van der Waals surface area contributed by atoms with E-state index in [4.69, 9.17) is 5.11 Å². The van der Waals surface area contributed by atoms with E-state index in [1.807, 2.05) is 0 Å². The molecule has 2 N–H and O–H groups in total. The van der Waals surface area contributed by atoms with Gasteiger partial charge in [0.2, 0.25) is 0 Å². The summed E-state index contributed by atoms with van der Waals surface area (Å²) in [6.07, 6.45) is 1.74. The molecule has 2 aromatic rings. The number of carbonyl (C=O) groups is 1. The van der Waals surface area contributed by atoms with Gasteiger partial charge in [0.05, 0.1) is 16.4 Å². The number of nitro benzene ring substituents is 1. The topological polar surface area (TPSA) is 92.5 Å². The van der Waals surface area contributed by atoms with Gasteiger partial charge in [-0.05, 0) is 36.1 Å². The third kappa shape index (κ3) is 3.63. The minimum atomic E-state index is -0.505. The number of nitro groups is 1. The first kappa shape index (κ1) is 16.0. The van der Waals surface area contributed by atoms with Crippen LogP contribution >= 0.6 is 11.8 Å². The minimum absolute atomic E-state index is 0.0933. The molecule has 2 rings (SSSR count). The predicted octanol–water partition coefficient (Wildman–Crippen LogP) is 3.06. The number of aliphatic hydroxyl groups is 1. The molecule has 114 valence electrons. The molecule has 6 nitrogen and oxygen atoms in total. The number of nitrogens with one attached hydrogen (secondary N) is 1. The number of nitrogens with zero attached hydrogens (tertiary/aromatic N) is 1. The van der Waals surface area contributed by atoms with Crippen molar-refractivity contribution in [2.24, 2.45) is 0 Å². The van der Waals surface area contributed by atoms with E-state index in [9.17, 15) is 14.9 Å². The van der Waals surface area contributed by atoms with E-state index in [1.165, 1.54) is 17.8 Å². The van der Waals surface area contributed by atoms with Crippen molar-refractivity contribution in [2.45, 2.75) is 11.5 Å². The Morgan fingerprint density at radius 3 is 2.73 bits per heavy atom. The lowest BCUT2D eigenvalue weighted by Crippen LogP contribution is -2.12. The second kappa shape index (κ2) is 7.06. The number of thioether (sulfide) groups is 1. The van der Waals surface area contributed by atoms with Crippen molar-refractivity contribution in [3.8, 4) is 0 Å². The van der Waals surface area contributed by atoms with Crippen LogP contribution in [0.3, 0.4) is 0 Å². The van der Waals surface area contributed by atoms with Gasteiger partial charge in [-0.3, -0.25) is 14.9 Å². The van der Waals surface area contributed by atoms with Crippen LogP contribution in [0.4, 0.5) is 11.4 Å². The summed E-state index contributed by atoms with van der Waals surface area (Å²) in [4.78, 5) is 23.2. The second-order valence-electron chi connectivity index (χ2n) is 4.46. The van der Waals surface area contributed by atoms with E-state index >= 15 is 0 Å². The Hall–Kier alpha value is -2.38. The average molecular weight is 318 g/mol. The standard InChI is InChI=1S/C15H14N2O4S/c1-22-14-6-5-11(8-13(14)17(20)21)15(19)16-12-4-2-3-10(7-12)9-18/h2-8,18H,9H2,1H3,(H,16,19). The molecule has 0 radical (unpaired) electrons. The lowest BCUT2D eigenvalue weighted by atomic mass is 10.1. The lowest BCUT2D eigenvalue weighted by Gasteiger charge is -2.07. The monoisotopic (exact) mass is 318 g/mol. The van der Waals surface area contributed by atoms with Gasteiger partial charge in [0.25, 0.3) is 11.6 Å². The van der Waals surface area contributed by atoms with Crippen LogP contribution in [0, 0.1) is 10.1 Å². The van der Waals surface area contributed by atoms with Gasteiger partial charge in [-0.2, -0.15) is 0 Å². The zero-order chi connectivity index (χ0) is 16.1. The van der Waals surface area contributed by atoms with Crippen LogP contribution in [-0.2, 0) is 6.61 Å². The number of carbonyl (C=O) groups excluding carboxylic acids is 1. The number of anilines is 1. The fraction of sp³-hybridized carbons (Fsp3) is 0.133. The molecule has 0 aromatic heterocycles. The molecule has 0 saturated heterocycles. The van der Waals surface area contributed by atoms with Crippen LogP contribution in [0.15, 0.2) is 47.4 Å². The molecule has 0 bridgehead atoms. The van der Waals surface area contributed by atoms with E-state index in [0.29, 0.717) is 16.1 Å². The first-order chi connectivity index (χ1) is 10.5. The second-order valence-corrected chi connectivity index (χ2v) is 5.30. The van der Waals surface area contributed by atoms with Crippen molar-refractivity contribution in [1.29, 1.82) is 0 Å². The van der Waals surface area contributed by atoms with Gasteiger partial charge in [-0.1, -0.05) is 12.1 Å². The molecule has 0 atom stereocenters. The Balaban J connectivity index is 2.25. The number of amides is 1. The Labute approximate surface area is 131 Å². The minimum Gasteiger partial charge on any atom is -0.392 e. The van der Waals surface area contributed by atoms with Crippen LogP contribution in [-0.4, -0.2) is 22.2 Å². The summed E-state index contributed by atoms with van der Waals surface area (Å²) in [6.45, 7) is -0.127. The summed E-state index contributed by atoms with van der Waals surface area (Å²) in [5.74, 6) is -0.439. The summed E-state index contributed by atoms with van der Waals surface area (Å²) < 4.78 is 0. The van der Waals surface area contributed by atoms with Gasteiger partial charge in [0.15, 0.2) is 0 Å². The fourth-order valence-corrected chi connectivity index (χ4v) is 2.47. The van der Waals surface area contributed by atoms with Crippen molar-refractivity contribution >= 4 is 29.0 Å². The van der Waals surface area contributed by atoms with Crippen LogP contribution in [0.25, 0.3) is 0 Å². The molecule has 0 spiro atoms. The maximum atomic E-state index is 12.2. The van der Waals surface area contributed by atoms with E-state index in [-0.39, 0.29) is 17.9 Å². The number of rotatable bonds is 5. The first-order valence-electron chi connectivity index (χ1n) is 6.38. The SMILES string of the molecule is CSc1ccc(C(=O)Nc2cccc(CO)c2)cc1[N+](=O)[O-]. The molecule has 0 aliphatic heterocycles.